The third kappa shape index (κ3) is 7.37. The summed E-state index contributed by atoms with van der Waals surface area (Å²) in [5.74, 6) is 0. The Balaban J connectivity index is 1.06. The van der Waals surface area contributed by atoms with E-state index in [0.717, 1.165) is 78.3 Å². The van der Waals surface area contributed by atoms with Crippen molar-refractivity contribution in [1.82, 2.24) is 0 Å². The van der Waals surface area contributed by atoms with Gasteiger partial charge in [-0.1, -0.05) is 152 Å². The van der Waals surface area contributed by atoms with Crippen LogP contribution >= 0.6 is 0 Å². The van der Waals surface area contributed by atoms with Crippen molar-refractivity contribution in [2.75, 3.05) is 9.80 Å². The lowest BCUT2D eigenvalue weighted by molar-refractivity contribution is 0.669. The first kappa shape index (κ1) is 36.0. The molecule has 0 unspecified atom stereocenters. The number of rotatable bonds is 11. The molecule has 8 aromatic carbocycles. The molecule has 0 N–H and O–H groups in total. The SMILES string of the molecule is C=C(/C=C\C=C(/C)N(c1ccccc1)c1ccccc1)c1ccccc1N(c1ccc(-c2ccccc2)cc1)c1ccc(-c2ccc3c(c2)oc2ccccc23)cc1. The second-order valence-electron chi connectivity index (χ2n) is 14.3. The smallest absolute Gasteiger partial charge is 0.136 e. The van der Waals surface area contributed by atoms with Crippen LogP contribution in [0.1, 0.15) is 12.5 Å². The van der Waals surface area contributed by atoms with E-state index in [9.17, 15) is 0 Å². The molecule has 0 aliphatic rings. The molecule has 1 aromatic heterocycles. The van der Waals surface area contributed by atoms with Gasteiger partial charge in [-0.15, -0.1) is 0 Å². The monoisotopic (exact) mass is 746 g/mol. The van der Waals surface area contributed by atoms with E-state index >= 15 is 0 Å². The summed E-state index contributed by atoms with van der Waals surface area (Å²) in [6.45, 7) is 6.74. The summed E-state index contributed by atoms with van der Waals surface area (Å²) in [7, 11) is 0. The fourth-order valence-electron chi connectivity index (χ4n) is 7.69. The lowest BCUT2D eigenvalue weighted by Gasteiger charge is -2.28. The number of nitrogens with zero attached hydrogens (tertiary/aromatic N) is 2. The Morgan fingerprint density at radius 1 is 0.466 bits per heavy atom. The van der Waals surface area contributed by atoms with Crippen LogP contribution in [-0.4, -0.2) is 0 Å². The molecule has 0 saturated heterocycles. The number of hydrogen-bond acceptors (Lipinski definition) is 3. The zero-order valence-electron chi connectivity index (χ0n) is 32.4. The van der Waals surface area contributed by atoms with Gasteiger partial charge in [-0.3, -0.25) is 0 Å². The van der Waals surface area contributed by atoms with Gasteiger partial charge in [0.15, 0.2) is 0 Å². The van der Waals surface area contributed by atoms with Gasteiger partial charge < -0.3 is 14.2 Å². The second-order valence-corrected chi connectivity index (χ2v) is 14.3. The summed E-state index contributed by atoms with van der Waals surface area (Å²) in [6.07, 6.45) is 6.35. The second kappa shape index (κ2) is 16.2. The van der Waals surface area contributed by atoms with E-state index in [2.05, 4.69) is 224 Å². The number of anilines is 5. The molecular formula is C55H42N2O. The molecule has 0 aliphatic carbocycles. The van der Waals surface area contributed by atoms with E-state index in [1.54, 1.807) is 0 Å². The van der Waals surface area contributed by atoms with Gasteiger partial charge in [0.2, 0.25) is 0 Å². The van der Waals surface area contributed by atoms with Gasteiger partial charge in [-0.25, -0.2) is 0 Å². The lowest BCUT2D eigenvalue weighted by Crippen LogP contribution is -2.13. The molecular weight excluding hydrogens is 705 g/mol. The Bertz CT molecular complexity index is 2850. The van der Waals surface area contributed by atoms with Gasteiger partial charge in [-0.2, -0.15) is 0 Å². The van der Waals surface area contributed by atoms with Crippen LogP contribution in [0, 0.1) is 0 Å². The van der Waals surface area contributed by atoms with Gasteiger partial charge in [0.1, 0.15) is 11.2 Å². The number of furan rings is 1. The van der Waals surface area contributed by atoms with E-state index in [-0.39, 0.29) is 0 Å². The molecule has 0 saturated carbocycles. The average Bonchev–Trinajstić information content (AvgIpc) is 3.66. The summed E-state index contributed by atoms with van der Waals surface area (Å²) in [6, 6.07) is 72.2. The molecule has 0 amide bonds. The molecule has 0 aliphatic heterocycles. The van der Waals surface area contributed by atoms with Gasteiger partial charge in [0.05, 0.1) is 5.69 Å². The van der Waals surface area contributed by atoms with E-state index in [0.29, 0.717) is 0 Å². The van der Waals surface area contributed by atoms with Crippen molar-refractivity contribution in [3.63, 3.8) is 0 Å². The molecule has 0 radical (unpaired) electrons. The number of fused-ring (bicyclic) bond motifs is 3. The first-order valence-electron chi connectivity index (χ1n) is 19.6. The fourth-order valence-corrected chi connectivity index (χ4v) is 7.69. The maximum atomic E-state index is 6.23. The Labute approximate surface area is 340 Å². The fraction of sp³-hybridized carbons (Fsp3) is 0.0182. The van der Waals surface area contributed by atoms with Crippen LogP contribution in [-0.2, 0) is 0 Å². The standard InChI is InChI=1S/C55H42N2O/c1-40(17-16-18-41(2)56(46-21-8-4-9-22-46)47-23-10-5-11-24-47)50-25-12-14-27-53(50)57(48-34-29-43(30-35-48)42-19-6-3-7-20-42)49-36-31-44(32-37-49)45-33-38-52-51-26-13-15-28-54(51)58-55(52)39-45/h3-39H,1H2,2H3/b17-16-,41-18+. The van der Waals surface area contributed by atoms with Crippen LogP contribution in [0.2, 0.25) is 0 Å². The van der Waals surface area contributed by atoms with E-state index in [1.165, 1.54) is 11.1 Å². The van der Waals surface area contributed by atoms with Crippen molar-refractivity contribution >= 4 is 55.9 Å². The molecule has 9 rings (SSSR count). The van der Waals surface area contributed by atoms with Crippen molar-refractivity contribution in [3.8, 4) is 22.3 Å². The zero-order valence-corrected chi connectivity index (χ0v) is 32.4. The highest BCUT2D eigenvalue weighted by molar-refractivity contribution is 6.06. The molecule has 0 bridgehead atoms. The molecule has 1 heterocycles. The Hall–Kier alpha value is -7.62. The predicted molar refractivity (Wildman–Crippen MR) is 246 cm³/mol. The van der Waals surface area contributed by atoms with Crippen molar-refractivity contribution < 1.29 is 4.42 Å². The van der Waals surface area contributed by atoms with Crippen LogP contribution in [0.15, 0.2) is 241 Å². The minimum absolute atomic E-state index is 0.890. The molecule has 3 heteroatoms. The maximum absolute atomic E-state index is 6.23. The number of hydrogen-bond donors (Lipinski definition) is 0. The third-order valence-electron chi connectivity index (χ3n) is 10.6. The van der Waals surface area contributed by atoms with Gasteiger partial charge in [0.25, 0.3) is 0 Å². The van der Waals surface area contributed by atoms with Gasteiger partial charge in [0, 0.05) is 44.8 Å². The van der Waals surface area contributed by atoms with Crippen LogP contribution in [0.5, 0.6) is 0 Å². The normalized spacial score (nSPS) is 11.6. The first-order valence-corrected chi connectivity index (χ1v) is 19.6. The highest BCUT2D eigenvalue weighted by atomic mass is 16.3. The molecule has 3 nitrogen and oxygen atoms in total. The van der Waals surface area contributed by atoms with Crippen molar-refractivity contribution in [3.05, 3.63) is 242 Å². The average molecular weight is 747 g/mol. The zero-order chi connectivity index (χ0) is 39.3. The summed E-state index contributed by atoms with van der Waals surface area (Å²) >= 11 is 0. The summed E-state index contributed by atoms with van der Waals surface area (Å²) in [5.41, 5.74) is 14.8. The summed E-state index contributed by atoms with van der Waals surface area (Å²) in [4.78, 5) is 4.59. The van der Waals surface area contributed by atoms with Crippen LogP contribution in [0.3, 0.4) is 0 Å². The van der Waals surface area contributed by atoms with Crippen molar-refractivity contribution in [2.24, 2.45) is 0 Å². The first-order chi connectivity index (χ1) is 28.6. The van der Waals surface area contributed by atoms with E-state index < -0.39 is 0 Å². The Morgan fingerprint density at radius 3 is 1.62 bits per heavy atom. The third-order valence-corrected chi connectivity index (χ3v) is 10.6. The van der Waals surface area contributed by atoms with Gasteiger partial charge in [-0.05, 0) is 114 Å². The van der Waals surface area contributed by atoms with E-state index in [4.69, 9.17) is 4.42 Å². The largest absolute Gasteiger partial charge is 0.456 e. The quantitative estimate of drug-likeness (QED) is 0.123. The van der Waals surface area contributed by atoms with Crippen molar-refractivity contribution in [1.29, 1.82) is 0 Å². The minimum atomic E-state index is 0.890. The highest BCUT2D eigenvalue weighted by Crippen LogP contribution is 2.41. The van der Waals surface area contributed by atoms with E-state index in [1.807, 2.05) is 24.3 Å². The topological polar surface area (TPSA) is 19.6 Å². The number of allylic oxidation sites excluding steroid dienone is 5. The maximum Gasteiger partial charge on any atom is 0.136 e. The Morgan fingerprint density at radius 2 is 0.966 bits per heavy atom. The molecule has 0 fully saturated rings. The van der Waals surface area contributed by atoms with Crippen molar-refractivity contribution in [2.45, 2.75) is 6.92 Å². The van der Waals surface area contributed by atoms with Crippen LogP contribution in [0.4, 0.5) is 28.4 Å². The lowest BCUT2D eigenvalue weighted by atomic mass is 10.0. The number of para-hydroxylation sites is 4. The molecule has 278 valence electrons. The minimum Gasteiger partial charge on any atom is -0.456 e. The number of benzene rings is 8. The van der Waals surface area contributed by atoms with Gasteiger partial charge >= 0.3 is 0 Å². The van der Waals surface area contributed by atoms with Crippen LogP contribution < -0.4 is 9.80 Å². The summed E-state index contributed by atoms with van der Waals surface area (Å²) < 4.78 is 6.23. The molecule has 58 heavy (non-hydrogen) atoms. The Kier molecular flexibility index (Phi) is 10.1. The predicted octanol–water partition coefficient (Wildman–Crippen LogP) is 15.7. The highest BCUT2D eigenvalue weighted by Gasteiger charge is 2.18. The molecule has 9 aromatic rings. The molecule has 0 spiro atoms. The summed E-state index contributed by atoms with van der Waals surface area (Å²) in [5, 5.41) is 2.26. The molecule has 0 atom stereocenters. The van der Waals surface area contributed by atoms with Crippen LogP contribution in [0.25, 0.3) is 49.8 Å².